The molecule has 0 aromatic carbocycles. The molecule has 0 saturated heterocycles. The van der Waals surface area contributed by atoms with Crippen LogP contribution in [0.4, 0.5) is 5.95 Å². The summed E-state index contributed by atoms with van der Waals surface area (Å²) in [6, 6.07) is 2.10. The number of anilines is 1. The first-order chi connectivity index (χ1) is 10.6. The molecule has 0 spiro atoms. The summed E-state index contributed by atoms with van der Waals surface area (Å²) in [4.78, 5) is 23.6. The van der Waals surface area contributed by atoms with Crippen molar-refractivity contribution in [1.82, 2.24) is 15.3 Å². The van der Waals surface area contributed by atoms with Gasteiger partial charge in [-0.1, -0.05) is 26.7 Å². The van der Waals surface area contributed by atoms with Crippen LogP contribution in [0.2, 0.25) is 0 Å². The van der Waals surface area contributed by atoms with E-state index < -0.39 is 0 Å². The summed E-state index contributed by atoms with van der Waals surface area (Å²) in [5.74, 6) is 0.617. The quantitative estimate of drug-likeness (QED) is 0.841. The molecule has 0 aliphatic heterocycles. The lowest BCUT2D eigenvalue weighted by Gasteiger charge is -2.22. The third-order valence-electron chi connectivity index (χ3n) is 4.04. The van der Waals surface area contributed by atoms with Gasteiger partial charge < -0.3 is 10.2 Å². The standard InChI is InChI=1S/C17H28N4O/c1-4-10-21(11-5-2)17-18-13(3)12-15(20-17)16(22)19-14-8-6-7-9-14/h12,14H,4-11H2,1-3H3,(H,19,22). The Balaban J connectivity index is 2.15. The lowest BCUT2D eigenvalue weighted by molar-refractivity contribution is 0.0932. The monoisotopic (exact) mass is 304 g/mol. The molecular formula is C17H28N4O. The van der Waals surface area contributed by atoms with Crippen molar-refractivity contribution in [3.05, 3.63) is 17.5 Å². The molecule has 1 fully saturated rings. The summed E-state index contributed by atoms with van der Waals surface area (Å²) in [7, 11) is 0. The van der Waals surface area contributed by atoms with Crippen LogP contribution in [0.15, 0.2) is 6.07 Å². The van der Waals surface area contributed by atoms with Crippen LogP contribution in [0, 0.1) is 6.92 Å². The summed E-state index contributed by atoms with van der Waals surface area (Å²) in [6.45, 7) is 8.05. The smallest absolute Gasteiger partial charge is 0.270 e. The number of rotatable bonds is 7. The fraction of sp³-hybridized carbons (Fsp3) is 0.706. The highest BCUT2D eigenvalue weighted by Gasteiger charge is 2.20. The zero-order chi connectivity index (χ0) is 15.9. The second-order valence-corrected chi connectivity index (χ2v) is 6.14. The third kappa shape index (κ3) is 4.42. The Labute approximate surface area is 133 Å². The number of carbonyl (C=O) groups is 1. The fourth-order valence-electron chi connectivity index (χ4n) is 2.99. The van der Waals surface area contributed by atoms with Gasteiger partial charge in [-0.2, -0.15) is 0 Å². The summed E-state index contributed by atoms with van der Waals surface area (Å²) in [5.41, 5.74) is 1.34. The zero-order valence-corrected chi connectivity index (χ0v) is 14.1. The Morgan fingerprint density at radius 1 is 1.23 bits per heavy atom. The highest BCUT2D eigenvalue weighted by molar-refractivity contribution is 5.92. The van der Waals surface area contributed by atoms with Gasteiger partial charge >= 0.3 is 0 Å². The van der Waals surface area contributed by atoms with Gasteiger partial charge in [0.25, 0.3) is 5.91 Å². The van der Waals surface area contributed by atoms with Crippen LogP contribution >= 0.6 is 0 Å². The first-order valence-electron chi connectivity index (χ1n) is 8.55. The molecule has 1 aromatic heterocycles. The predicted octanol–water partition coefficient (Wildman–Crippen LogP) is 3.08. The van der Waals surface area contributed by atoms with Crippen LogP contribution in [0.25, 0.3) is 0 Å². The average molecular weight is 304 g/mol. The summed E-state index contributed by atoms with van der Waals surface area (Å²) in [6.07, 6.45) is 6.67. The van der Waals surface area contributed by atoms with Crippen LogP contribution in [0.1, 0.15) is 68.6 Å². The summed E-state index contributed by atoms with van der Waals surface area (Å²) >= 11 is 0. The van der Waals surface area contributed by atoms with Gasteiger partial charge in [-0.05, 0) is 38.7 Å². The van der Waals surface area contributed by atoms with Crippen molar-refractivity contribution in [2.24, 2.45) is 0 Å². The van der Waals surface area contributed by atoms with Gasteiger partial charge in [0.15, 0.2) is 0 Å². The number of hydrogen-bond donors (Lipinski definition) is 1. The van der Waals surface area contributed by atoms with Gasteiger partial charge in [0.2, 0.25) is 5.95 Å². The van der Waals surface area contributed by atoms with Gasteiger partial charge in [-0.3, -0.25) is 4.79 Å². The second-order valence-electron chi connectivity index (χ2n) is 6.14. The number of aromatic nitrogens is 2. The minimum Gasteiger partial charge on any atom is -0.348 e. The predicted molar refractivity (Wildman–Crippen MR) is 89.3 cm³/mol. The Kier molecular flexibility index (Phi) is 6.16. The van der Waals surface area contributed by atoms with E-state index in [1.54, 1.807) is 6.07 Å². The summed E-state index contributed by atoms with van der Waals surface area (Å²) < 4.78 is 0. The fourth-order valence-corrected chi connectivity index (χ4v) is 2.99. The lowest BCUT2D eigenvalue weighted by Crippen LogP contribution is -2.34. The maximum Gasteiger partial charge on any atom is 0.270 e. The molecule has 1 heterocycles. The summed E-state index contributed by atoms with van der Waals surface area (Å²) in [5, 5.41) is 3.10. The van der Waals surface area contributed by atoms with E-state index in [0.717, 1.165) is 44.5 Å². The Morgan fingerprint density at radius 3 is 2.45 bits per heavy atom. The molecule has 1 aromatic rings. The second kappa shape index (κ2) is 8.11. The van der Waals surface area contributed by atoms with Crippen LogP contribution in [0.3, 0.4) is 0 Å². The molecule has 1 aliphatic rings. The van der Waals surface area contributed by atoms with Crippen LogP contribution < -0.4 is 10.2 Å². The van der Waals surface area contributed by atoms with Crippen molar-refractivity contribution in [2.75, 3.05) is 18.0 Å². The molecular weight excluding hydrogens is 276 g/mol. The van der Waals surface area contributed by atoms with E-state index in [-0.39, 0.29) is 5.91 Å². The normalized spacial score (nSPS) is 15.0. The molecule has 0 radical (unpaired) electrons. The molecule has 0 bridgehead atoms. The van der Waals surface area contributed by atoms with E-state index in [2.05, 4.69) is 34.0 Å². The molecule has 5 heteroatoms. The first kappa shape index (κ1) is 16.7. The third-order valence-corrected chi connectivity index (χ3v) is 4.04. The Bertz CT molecular complexity index is 491. The van der Waals surface area contributed by atoms with Gasteiger partial charge in [0, 0.05) is 24.8 Å². The minimum absolute atomic E-state index is 0.0633. The molecule has 1 amide bonds. The molecule has 1 aliphatic carbocycles. The van der Waals surface area contributed by atoms with Gasteiger partial charge in [0.05, 0.1) is 0 Å². The molecule has 0 unspecified atom stereocenters. The number of nitrogens with one attached hydrogen (secondary N) is 1. The maximum atomic E-state index is 12.4. The van der Waals surface area contributed by atoms with E-state index in [4.69, 9.17) is 0 Å². The van der Waals surface area contributed by atoms with Crippen molar-refractivity contribution in [3.8, 4) is 0 Å². The van der Waals surface area contributed by atoms with E-state index in [1.165, 1.54) is 12.8 Å². The molecule has 22 heavy (non-hydrogen) atoms. The van der Waals surface area contributed by atoms with E-state index in [1.807, 2.05) is 6.92 Å². The van der Waals surface area contributed by atoms with Crippen LogP contribution in [-0.4, -0.2) is 35.0 Å². The zero-order valence-electron chi connectivity index (χ0n) is 14.1. The highest BCUT2D eigenvalue weighted by Crippen LogP contribution is 2.18. The van der Waals surface area contributed by atoms with Gasteiger partial charge in [-0.25, -0.2) is 9.97 Å². The Morgan fingerprint density at radius 2 is 1.86 bits per heavy atom. The SMILES string of the molecule is CCCN(CCC)c1nc(C)cc(C(=O)NC2CCCC2)n1. The first-order valence-corrected chi connectivity index (χ1v) is 8.55. The van der Waals surface area contributed by atoms with Crippen LogP contribution in [-0.2, 0) is 0 Å². The molecule has 1 N–H and O–H groups in total. The molecule has 2 rings (SSSR count). The van der Waals surface area contributed by atoms with Crippen molar-refractivity contribution in [3.63, 3.8) is 0 Å². The number of nitrogens with zero attached hydrogens (tertiary/aromatic N) is 3. The maximum absolute atomic E-state index is 12.4. The largest absolute Gasteiger partial charge is 0.348 e. The lowest BCUT2D eigenvalue weighted by atomic mass is 10.2. The van der Waals surface area contributed by atoms with E-state index in [0.29, 0.717) is 17.7 Å². The van der Waals surface area contributed by atoms with E-state index in [9.17, 15) is 4.79 Å². The van der Waals surface area contributed by atoms with Crippen LogP contribution in [0.5, 0.6) is 0 Å². The minimum atomic E-state index is -0.0633. The number of hydrogen-bond acceptors (Lipinski definition) is 4. The molecule has 1 saturated carbocycles. The number of carbonyl (C=O) groups excluding carboxylic acids is 1. The molecule has 0 atom stereocenters. The highest BCUT2D eigenvalue weighted by atomic mass is 16.1. The van der Waals surface area contributed by atoms with Crippen molar-refractivity contribution in [2.45, 2.75) is 65.3 Å². The average Bonchev–Trinajstić information content (AvgIpc) is 2.99. The number of aryl methyl sites for hydroxylation is 1. The molecule has 122 valence electrons. The Hall–Kier alpha value is -1.65. The topological polar surface area (TPSA) is 58.1 Å². The van der Waals surface area contributed by atoms with Gasteiger partial charge in [0.1, 0.15) is 5.69 Å². The number of amides is 1. The van der Waals surface area contributed by atoms with Crippen molar-refractivity contribution in [1.29, 1.82) is 0 Å². The van der Waals surface area contributed by atoms with E-state index >= 15 is 0 Å². The molecule has 5 nitrogen and oxygen atoms in total. The van der Waals surface area contributed by atoms with Crippen molar-refractivity contribution >= 4 is 11.9 Å². The van der Waals surface area contributed by atoms with Gasteiger partial charge in [-0.15, -0.1) is 0 Å². The van der Waals surface area contributed by atoms with Crippen molar-refractivity contribution < 1.29 is 4.79 Å².